The SMILES string of the molecule is NC1=C(c2cccc(C(F)(F)F)c2Br)C(=O)C(c2ccccc2)C1. The lowest BCUT2D eigenvalue weighted by Crippen LogP contribution is -2.11. The van der Waals surface area contributed by atoms with Gasteiger partial charge >= 0.3 is 6.18 Å². The topological polar surface area (TPSA) is 43.1 Å². The first-order chi connectivity index (χ1) is 11.3. The number of alkyl halides is 3. The van der Waals surface area contributed by atoms with Gasteiger partial charge in [-0.2, -0.15) is 13.2 Å². The quantitative estimate of drug-likeness (QED) is 0.785. The van der Waals surface area contributed by atoms with Gasteiger partial charge in [0.1, 0.15) is 0 Å². The molecule has 0 spiro atoms. The Morgan fingerprint density at radius 2 is 1.71 bits per heavy atom. The van der Waals surface area contributed by atoms with Gasteiger partial charge in [0.2, 0.25) is 0 Å². The second kappa shape index (κ2) is 6.09. The fourth-order valence-corrected chi connectivity index (χ4v) is 3.64. The van der Waals surface area contributed by atoms with Gasteiger partial charge in [0.05, 0.1) is 11.5 Å². The van der Waals surface area contributed by atoms with Crippen LogP contribution < -0.4 is 5.73 Å². The molecule has 24 heavy (non-hydrogen) atoms. The van der Waals surface area contributed by atoms with Crippen LogP contribution in [-0.4, -0.2) is 5.78 Å². The zero-order valence-corrected chi connectivity index (χ0v) is 14.0. The largest absolute Gasteiger partial charge is 0.417 e. The molecule has 0 bridgehead atoms. The van der Waals surface area contributed by atoms with Gasteiger partial charge in [-0.1, -0.05) is 42.5 Å². The van der Waals surface area contributed by atoms with E-state index in [2.05, 4.69) is 15.9 Å². The highest BCUT2D eigenvalue weighted by Crippen LogP contribution is 2.43. The fraction of sp³-hybridized carbons (Fsp3) is 0.167. The molecule has 0 aliphatic heterocycles. The minimum Gasteiger partial charge on any atom is -0.401 e. The first kappa shape index (κ1) is 16.8. The number of nitrogens with two attached hydrogens (primary N) is 1. The number of benzene rings is 2. The summed E-state index contributed by atoms with van der Waals surface area (Å²) in [6.45, 7) is 0. The van der Waals surface area contributed by atoms with E-state index < -0.39 is 17.7 Å². The number of hydrogen-bond acceptors (Lipinski definition) is 2. The Bertz CT molecular complexity index is 828. The lowest BCUT2D eigenvalue weighted by molar-refractivity contribution is -0.138. The number of halogens is 4. The third-order valence-electron chi connectivity index (χ3n) is 4.08. The Balaban J connectivity index is 2.05. The monoisotopic (exact) mass is 395 g/mol. The number of carbonyl (C=O) groups is 1. The summed E-state index contributed by atoms with van der Waals surface area (Å²) in [5, 5.41) is 0. The molecule has 0 saturated carbocycles. The van der Waals surface area contributed by atoms with E-state index in [4.69, 9.17) is 5.73 Å². The maximum Gasteiger partial charge on any atom is 0.417 e. The van der Waals surface area contributed by atoms with Crippen LogP contribution in [-0.2, 0) is 11.0 Å². The molecule has 2 aromatic rings. The van der Waals surface area contributed by atoms with Crippen LogP contribution in [0.3, 0.4) is 0 Å². The molecule has 0 radical (unpaired) electrons. The van der Waals surface area contributed by atoms with Crippen LogP contribution >= 0.6 is 15.9 Å². The van der Waals surface area contributed by atoms with Crippen LogP contribution in [0.15, 0.2) is 58.7 Å². The zero-order chi connectivity index (χ0) is 17.5. The van der Waals surface area contributed by atoms with Crippen molar-refractivity contribution in [3.8, 4) is 0 Å². The van der Waals surface area contributed by atoms with Gasteiger partial charge in [-0.05, 0) is 27.6 Å². The number of hydrogen-bond donors (Lipinski definition) is 1. The molecule has 0 fully saturated rings. The lowest BCUT2D eigenvalue weighted by Gasteiger charge is -2.14. The second-order valence-corrected chi connectivity index (χ2v) is 6.39. The van der Waals surface area contributed by atoms with Crippen LogP contribution in [0.25, 0.3) is 5.57 Å². The third kappa shape index (κ3) is 2.86. The van der Waals surface area contributed by atoms with Crippen molar-refractivity contribution in [3.05, 3.63) is 75.4 Å². The summed E-state index contributed by atoms with van der Waals surface area (Å²) < 4.78 is 39.1. The standard InChI is InChI=1S/C18H13BrF3NO/c19-16-11(7-4-8-13(16)18(20,21)22)15-14(23)9-12(17(15)24)10-5-2-1-3-6-10/h1-8,12H,9,23H2. The van der Waals surface area contributed by atoms with Gasteiger partial charge in [-0.25, -0.2) is 0 Å². The predicted octanol–water partition coefficient (Wildman–Crippen LogP) is 4.89. The summed E-state index contributed by atoms with van der Waals surface area (Å²) in [4.78, 5) is 12.8. The van der Waals surface area contributed by atoms with E-state index in [-0.39, 0.29) is 21.4 Å². The van der Waals surface area contributed by atoms with Crippen molar-refractivity contribution < 1.29 is 18.0 Å². The minimum absolute atomic E-state index is 0.155. The normalized spacial score (nSPS) is 18.3. The summed E-state index contributed by atoms with van der Waals surface area (Å²) in [6, 6.07) is 12.8. The van der Waals surface area contributed by atoms with Gasteiger partial charge in [-0.15, -0.1) is 0 Å². The first-order valence-corrected chi connectivity index (χ1v) is 8.04. The molecule has 2 nitrogen and oxygen atoms in total. The number of rotatable bonds is 2. The van der Waals surface area contributed by atoms with Crippen molar-refractivity contribution in [3.63, 3.8) is 0 Å². The Kier molecular flexibility index (Phi) is 4.25. The fourth-order valence-electron chi connectivity index (χ4n) is 2.95. The average molecular weight is 396 g/mol. The molecular formula is C18H13BrF3NO. The Hall–Kier alpha value is -2.08. The number of Topliss-reactive ketones (excluding diaryl/α,β-unsaturated/α-hetero) is 1. The molecular weight excluding hydrogens is 383 g/mol. The molecule has 124 valence electrons. The Morgan fingerprint density at radius 1 is 1.04 bits per heavy atom. The van der Waals surface area contributed by atoms with E-state index in [0.29, 0.717) is 12.1 Å². The molecule has 0 aromatic heterocycles. The summed E-state index contributed by atoms with van der Waals surface area (Å²) in [5.74, 6) is -0.707. The highest BCUT2D eigenvalue weighted by atomic mass is 79.9. The maximum absolute atomic E-state index is 13.1. The van der Waals surface area contributed by atoms with Crippen molar-refractivity contribution in [1.29, 1.82) is 0 Å². The van der Waals surface area contributed by atoms with Crippen molar-refractivity contribution in [2.24, 2.45) is 5.73 Å². The molecule has 1 atom stereocenters. The summed E-state index contributed by atoms with van der Waals surface area (Å²) in [6.07, 6.45) is -4.20. The van der Waals surface area contributed by atoms with E-state index in [1.54, 1.807) is 0 Å². The summed E-state index contributed by atoms with van der Waals surface area (Å²) in [5.41, 5.74) is 6.67. The second-order valence-electron chi connectivity index (χ2n) is 5.60. The smallest absolute Gasteiger partial charge is 0.401 e. The highest BCUT2D eigenvalue weighted by molar-refractivity contribution is 9.10. The van der Waals surface area contributed by atoms with Crippen LogP contribution in [0.5, 0.6) is 0 Å². The van der Waals surface area contributed by atoms with Gasteiger partial charge in [0.25, 0.3) is 0 Å². The third-order valence-corrected chi connectivity index (χ3v) is 4.94. The van der Waals surface area contributed by atoms with Crippen LogP contribution in [0.1, 0.15) is 29.0 Å². The van der Waals surface area contributed by atoms with Crippen LogP contribution in [0, 0.1) is 0 Å². The molecule has 0 saturated heterocycles. The molecule has 6 heteroatoms. The lowest BCUT2D eigenvalue weighted by atomic mass is 9.92. The van der Waals surface area contributed by atoms with Crippen molar-refractivity contribution in [1.82, 2.24) is 0 Å². The van der Waals surface area contributed by atoms with E-state index in [1.807, 2.05) is 30.3 Å². The predicted molar refractivity (Wildman–Crippen MR) is 89.1 cm³/mol. The highest BCUT2D eigenvalue weighted by Gasteiger charge is 2.38. The minimum atomic E-state index is -4.51. The molecule has 2 aromatic carbocycles. The van der Waals surface area contributed by atoms with Crippen LogP contribution in [0.2, 0.25) is 0 Å². The number of allylic oxidation sites excluding steroid dienone is 2. The molecule has 1 unspecified atom stereocenters. The van der Waals surface area contributed by atoms with E-state index >= 15 is 0 Å². The summed E-state index contributed by atoms with van der Waals surface area (Å²) in [7, 11) is 0. The first-order valence-electron chi connectivity index (χ1n) is 7.24. The molecule has 2 N–H and O–H groups in total. The number of ketones is 1. The molecule has 1 aliphatic rings. The maximum atomic E-state index is 13.1. The zero-order valence-electron chi connectivity index (χ0n) is 12.4. The van der Waals surface area contributed by atoms with Crippen molar-refractivity contribution in [2.75, 3.05) is 0 Å². The average Bonchev–Trinajstić information content (AvgIpc) is 2.82. The van der Waals surface area contributed by atoms with Crippen molar-refractivity contribution >= 4 is 27.3 Å². The van der Waals surface area contributed by atoms with Gasteiger partial charge in [-0.3, -0.25) is 4.79 Å². The molecule has 3 rings (SSSR count). The summed E-state index contributed by atoms with van der Waals surface area (Å²) >= 11 is 3.00. The Labute approximate surface area is 145 Å². The van der Waals surface area contributed by atoms with Crippen molar-refractivity contribution in [2.45, 2.75) is 18.5 Å². The van der Waals surface area contributed by atoms with Crippen LogP contribution in [0.4, 0.5) is 13.2 Å². The van der Waals surface area contributed by atoms with E-state index in [9.17, 15) is 18.0 Å². The van der Waals surface area contributed by atoms with Gasteiger partial charge < -0.3 is 5.73 Å². The molecule has 1 aliphatic carbocycles. The van der Waals surface area contributed by atoms with Gasteiger partial charge in [0, 0.05) is 27.7 Å². The number of carbonyl (C=O) groups excluding carboxylic acids is 1. The molecule has 0 amide bonds. The van der Waals surface area contributed by atoms with E-state index in [1.165, 1.54) is 12.1 Å². The van der Waals surface area contributed by atoms with E-state index in [0.717, 1.165) is 11.6 Å². The van der Waals surface area contributed by atoms with Gasteiger partial charge in [0.15, 0.2) is 5.78 Å². The molecule has 0 heterocycles. The Morgan fingerprint density at radius 3 is 2.33 bits per heavy atom.